The molecule has 2 heterocycles. The van der Waals surface area contributed by atoms with Crippen molar-refractivity contribution in [2.45, 2.75) is 6.92 Å². The van der Waals surface area contributed by atoms with Gasteiger partial charge in [-0.1, -0.05) is 72.8 Å². The van der Waals surface area contributed by atoms with Crippen LogP contribution in [0.2, 0.25) is 0 Å². The molecule has 0 saturated carbocycles. The minimum atomic E-state index is 0.919. The van der Waals surface area contributed by atoms with E-state index in [1.807, 2.05) is 12.1 Å². The fourth-order valence-electron chi connectivity index (χ4n) is 4.73. The number of furan rings is 1. The van der Waals surface area contributed by atoms with Gasteiger partial charge in [0.2, 0.25) is 5.69 Å². The van der Waals surface area contributed by atoms with Crippen molar-refractivity contribution in [2.75, 3.05) is 0 Å². The molecule has 4 aromatic carbocycles. The van der Waals surface area contributed by atoms with Gasteiger partial charge in [-0.2, -0.15) is 0 Å². The Labute approximate surface area is 193 Å². The second-order valence-corrected chi connectivity index (χ2v) is 8.59. The lowest BCUT2D eigenvalue weighted by atomic mass is 9.98. The van der Waals surface area contributed by atoms with E-state index in [9.17, 15) is 0 Å². The van der Waals surface area contributed by atoms with Crippen molar-refractivity contribution in [1.29, 1.82) is 0 Å². The Morgan fingerprint density at radius 2 is 1.33 bits per heavy atom. The van der Waals surface area contributed by atoms with Gasteiger partial charge in [-0.15, -0.1) is 0 Å². The second-order valence-electron chi connectivity index (χ2n) is 8.59. The molecule has 6 rings (SSSR count). The van der Waals surface area contributed by atoms with Gasteiger partial charge in [0, 0.05) is 28.5 Å². The van der Waals surface area contributed by atoms with Gasteiger partial charge in [0.25, 0.3) is 0 Å². The maximum absolute atomic E-state index is 6.50. The largest absolute Gasteiger partial charge is 0.455 e. The predicted octanol–water partition coefficient (Wildman–Crippen LogP) is 7.72. The molecule has 0 aliphatic carbocycles. The molecule has 2 heteroatoms. The lowest BCUT2D eigenvalue weighted by Gasteiger charge is -2.05. The van der Waals surface area contributed by atoms with Crippen LogP contribution in [-0.4, -0.2) is 0 Å². The molecule has 0 atom stereocenters. The van der Waals surface area contributed by atoms with Crippen molar-refractivity contribution in [3.63, 3.8) is 0 Å². The predicted molar refractivity (Wildman–Crippen MR) is 136 cm³/mol. The van der Waals surface area contributed by atoms with Crippen LogP contribution in [0.25, 0.3) is 55.4 Å². The summed E-state index contributed by atoms with van der Waals surface area (Å²) in [5.41, 5.74) is 10.2. The highest BCUT2D eigenvalue weighted by Crippen LogP contribution is 2.38. The summed E-state index contributed by atoms with van der Waals surface area (Å²) in [4.78, 5) is 0. The number of para-hydroxylation sites is 1. The lowest BCUT2D eigenvalue weighted by Crippen LogP contribution is -2.30. The minimum Gasteiger partial charge on any atom is -0.455 e. The molecule has 0 aliphatic rings. The molecular formula is C31H24NO+. The summed E-state index contributed by atoms with van der Waals surface area (Å²) >= 11 is 0. The first kappa shape index (κ1) is 19.5. The third kappa shape index (κ3) is 3.32. The van der Waals surface area contributed by atoms with Crippen molar-refractivity contribution in [1.82, 2.24) is 0 Å². The van der Waals surface area contributed by atoms with Gasteiger partial charge in [-0.05, 0) is 47.4 Å². The summed E-state index contributed by atoms with van der Waals surface area (Å²) in [6.45, 7) is 2.17. The lowest BCUT2D eigenvalue weighted by molar-refractivity contribution is -0.660. The highest BCUT2D eigenvalue weighted by Gasteiger charge is 2.17. The van der Waals surface area contributed by atoms with E-state index in [2.05, 4.69) is 116 Å². The molecule has 33 heavy (non-hydrogen) atoms. The van der Waals surface area contributed by atoms with Crippen molar-refractivity contribution in [2.24, 2.45) is 7.05 Å². The number of benzene rings is 4. The molecule has 0 saturated heterocycles. The van der Waals surface area contributed by atoms with Crippen LogP contribution in [0.15, 0.2) is 114 Å². The smallest absolute Gasteiger partial charge is 0.212 e. The summed E-state index contributed by atoms with van der Waals surface area (Å²) in [5.74, 6) is 0. The van der Waals surface area contributed by atoms with Crippen molar-refractivity contribution < 1.29 is 8.98 Å². The number of aryl methyl sites for hydroxylation is 2. The monoisotopic (exact) mass is 426 g/mol. The number of hydrogen-bond acceptors (Lipinski definition) is 1. The van der Waals surface area contributed by atoms with Crippen molar-refractivity contribution in [3.8, 4) is 33.5 Å². The first-order valence-electron chi connectivity index (χ1n) is 11.3. The van der Waals surface area contributed by atoms with Crippen LogP contribution < -0.4 is 4.57 Å². The average molecular weight is 427 g/mol. The zero-order valence-electron chi connectivity index (χ0n) is 18.7. The number of pyridine rings is 1. The SMILES string of the molecule is Cc1cc2c(cc1-c1cccc[n+]1C)oc1c(-c3ccc(-c4ccccc4)cc3)cccc12. The maximum atomic E-state index is 6.50. The molecule has 0 spiro atoms. The fraction of sp³-hybridized carbons (Fsp3) is 0.0645. The summed E-state index contributed by atoms with van der Waals surface area (Å²) < 4.78 is 8.65. The molecule has 0 unspecified atom stereocenters. The molecule has 0 fully saturated rings. The molecule has 0 aliphatic heterocycles. The van der Waals surface area contributed by atoms with Gasteiger partial charge in [0.1, 0.15) is 18.2 Å². The Bertz CT molecular complexity index is 1610. The van der Waals surface area contributed by atoms with E-state index in [0.717, 1.165) is 33.1 Å². The summed E-state index contributed by atoms with van der Waals surface area (Å²) in [5, 5.41) is 2.31. The van der Waals surface area contributed by atoms with Crippen LogP contribution in [0.3, 0.4) is 0 Å². The van der Waals surface area contributed by atoms with Gasteiger partial charge in [-0.25, -0.2) is 4.57 Å². The number of rotatable bonds is 3. The molecule has 0 N–H and O–H groups in total. The molecule has 2 aromatic heterocycles. The standard InChI is InChI=1S/C31H24NO/c1-21-19-28-26-12-8-11-25(24-16-14-23(15-17-24)22-9-4-3-5-10-22)31(26)33-30(28)20-27(21)29-13-6-7-18-32(29)2/h3-20H,1-2H3/q+1. The highest BCUT2D eigenvalue weighted by atomic mass is 16.3. The van der Waals surface area contributed by atoms with E-state index >= 15 is 0 Å². The van der Waals surface area contributed by atoms with Crippen molar-refractivity contribution in [3.05, 3.63) is 115 Å². The highest BCUT2D eigenvalue weighted by molar-refractivity contribution is 6.10. The second kappa shape index (κ2) is 7.75. The van der Waals surface area contributed by atoms with E-state index in [1.54, 1.807) is 0 Å². The Morgan fingerprint density at radius 3 is 2.12 bits per heavy atom. The summed E-state index contributed by atoms with van der Waals surface area (Å²) in [6, 6.07) is 36.4. The van der Waals surface area contributed by atoms with Crippen LogP contribution in [-0.2, 0) is 7.05 Å². The molecule has 0 bridgehead atoms. The van der Waals surface area contributed by atoms with Crippen LogP contribution in [0.4, 0.5) is 0 Å². The zero-order chi connectivity index (χ0) is 22.4. The van der Waals surface area contributed by atoms with Crippen LogP contribution in [0, 0.1) is 6.92 Å². The normalized spacial score (nSPS) is 11.3. The van der Waals surface area contributed by atoms with E-state index in [1.165, 1.54) is 27.9 Å². The van der Waals surface area contributed by atoms with Gasteiger partial charge in [-0.3, -0.25) is 0 Å². The molecule has 2 nitrogen and oxygen atoms in total. The first-order chi connectivity index (χ1) is 16.2. The average Bonchev–Trinajstić information content (AvgIpc) is 3.22. The first-order valence-corrected chi connectivity index (χ1v) is 11.3. The summed E-state index contributed by atoms with van der Waals surface area (Å²) in [7, 11) is 2.08. The Morgan fingerprint density at radius 1 is 0.606 bits per heavy atom. The molecule has 158 valence electrons. The number of nitrogens with zero attached hydrogens (tertiary/aromatic N) is 1. The Kier molecular flexibility index (Phi) is 4.58. The molecule has 6 aromatic rings. The van der Waals surface area contributed by atoms with Gasteiger partial charge in [0.05, 0.1) is 5.56 Å². The number of aromatic nitrogens is 1. The van der Waals surface area contributed by atoms with Crippen LogP contribution in [0.5, 0.6) is 0 Å². The van der Waals surface area contributed by atoms with E-state index in [-0.39, 0.29) is 0 Å². The molecule has 0 radical (unpaired) electrons. The van der Waals surface area contributed by atoms with Crippen LogP contribution >= 0.6 is 0 Å². The molecular weight excluding hydrogens is 402 g/mol. The number of hydrogen-bond donors (Lipinski definition) is 0. The fourth-order valence-corrected chi connectivity index (χ4v) is 4.73. The third-order valence-corrected chi connectivity index (χ3v) is 6.48. The number of fused-ring (bicyclic) bond motifs is 3. The third-order valence-electron chi connectivity index (χ3n) is 6.48. The van der Waals surface area contributed by atoms with E-state index in [4.69, 9.17) is 4.42 Å². The maximum Gasteiger partial charge on any atom is 0.212 e. The zero-order valence-corrected chi connectivity index (χ0v) is 18.7. The Balaban J connectivity index is 1.49. The molecule has 0 amide bonds. The summed E-state index contributed by atoms with van der Waals surface area (Å²) in [6.07, 6.45) is 2.08. The topological polar surface area (TPSA) is 17.0 Å². The van der Waals surface area contributed by atoms with Gasteiger partial charge < -0.3 is 4.42 Å². The quantitative estimate of drug-likeness (QED) is 0.265. The van der Waals surface area contributed by atoms with Crippen molar-refractivity contribution >= 4 is 21.9 Å². The van der Waals surface area contributed by atoms with Crippen LogP contribution in [0.1, 0.15) is 5.56 Å². The minimum absolute atomic E-state index is 0.919. The van der Waals surface area contributed by atoms with Gasteiger partial charge in [0.15, 0.2) is 6.20 Å². The Hall–Kier alpha value is -4.17. The van der Waals surface area contributed by atoms with E-state index in [0.29, 0.717) is 0 Å². The van der Waals surface area contributed by atoms with Gasteiger partial charge >= 0.3 is 0 Å². The van der Waals surface area contributed by atoms with E-state index < -0.39 is 0 Å².